The van der Waals surface area contributed by atoms with E-state index in [1.807, 2.05) is 133 Å². The smallest absolute Gasteiger partial charge is 0.254 e. The van der Waals surface area contributed by atoms with E-state index in [1.165, 1.54) is 0 Å². The average molecular weight is 646 g/mol. The monoisotopic (exact) mass is 644 g/mol. The zero-order valence-electron chi connectivity index (χ0n) is 25.3. The maximum atomic E-state index is 14.3. The predicted octanol–water partition coefficient (Wildman–Crippen LogP) is 8.80. The summed E-state index contributed by atoms with van der Waals surface area (Å²) in [5.41, 5.74) is 5.82. The number of rotatable bonds is 4. The van der Waals surface area contributed by atoms with E-state index in [0.29, 0.717) is 45.6 Å². The molecule has 1 aliphatic heterocycles. The predicted molar refractivity (Wildman–Crippen MR) is 185 cm³/mol. The number of nitrogens with zero attached hydrogens (tertiary/aromatic N) is 4. The molecule has 3 heterocycles. The number of fused-ring (bicyclic) bond motifs is 2. The van der Waals surface area contributed by atoms with Gasteiger partial charge >= 0.3 is 0 Å². The number of carbonyl (C=O) groups is 2. The van der Waals surface area contributed by atoms with Crippen LogP contribution in [-0.4, -0.2) is 56.8 Å². The second-order valence-corrected chi connectivity index (χ2v) is 12.6. The maximum absolute atomic E-state index is 14.3. The summed E-state index contributed by atoms with van der Waals surface area (Å²) in [5.74, 6) is -0.167. The molecule has 2 atom stereocenters. The highest BCUT2D eigenvalue weighted by molar-refractivity contribution is 6.31. The van der Waals surface area contributed by atoms with Gasteiger partial charge in [-0.3, -0.25) is 9.59 Å². The third-order valence-corrected chi connectivity index (χ3v) is 9.18. The molecule has 6 aromatic rings. The minimum Gasteiger partial charge on any atom is -0.332 e. The fourth-order valence-corrected chi connectivity index (χ4v) is 6.50. The Bertz CT molecular complexity index is 1960. The summed E-state index contributed by atoms with van der Waals surface area (Å²) < 4.78 is 0. The second-order valence-electron chi connectivity index (χ2n) is 11.8. The van der Waals surface area contributed by atoms with Crippen LogP contribution in [0.4, 0.5) is 0 Å². The minimum absolute atomic E-state index is 0.0837. The van der Waals surface area contributed by atoms with Crippen molar-refractivity contribution < 1.29 is 9.59 Å². The Morgan fingerprint density at radius 2 is 0.957 bits per heavy atom. The molecular weight excluding hydrogens is 615 g/mol. The number of amides is 2. The van der Waals surface area contributed by atoms with Crippen LogP contribution >= 0.6 is 23.2 Å². The van der Waals surface area contributed by atoms with Crippen molar-refractivity contribution in [3.05, 3.63) is 130 Å². The van der Waals surface area contributed by atoms with Gasteiger partial charge in [0.25, 0.3) is 11.8 Å². The summed E-state index contributed by atoms with van der Waals surface area (Å²) in [4.78, 5) is 42.1. The molecule has 1 saturated heterocycles. The summed E-state index contributed by atoms with van der Waals surface area (Å²) >= 11 is 12.3. The number of hydrogen-bond donors (Lipinski definition) is 0. The zero-order valence-corrected chi connectivity index (χ0v) is 26.8. The van der Waals surface area contributed by atoms with E-state index in [1.54, 1.807) is 0 Å². The van der Waals surface area contributed by atoms with Crippen molar-refractivity contribution in [1.29, 1.82) is 0 Å². The highest BCUT2D eigenvalue weighted by Gasteiger charge is 2.36. The van der Waals surface area contributed by atoms with E-state index < -0.39 is 0 Å². The van der Waals surface area contributed by atoms with Crippen molar-refractivity contribution in [3.8, 4) is 22.5 Å². The van der Waals surface area contributed by atoms with Crippen LogP contribution in [0.3, 0.4) is 0 Å². The Kier molecular flexibility index (Phi) is 7.93. The van der Waals surface area contributed by atoms with Gasteiger partial charge < -0.3 is 9.80 Å². The van der Waals surface area contributed by atoms with Crippen molar-refractivity contribution >= 4 is 56.8 Å². The summed E-state index contributed by atoms with van der Waals surface area (Å²) in [6.45, 7) is 4.78. The maximum Gasteiger partial charge on any atom is 0.254 e. The molecule has 228 valence electrons. The summed E-state index contributed by atoms with van der Waals surface area (Å²) in [6.07, 6.45) is 0. The van der Waals surface area contributed by atoms with Gasteiger partial charge in [-0.1, -0.05) is 83.9 Å². The van der Waals surface area contributed by atoms with Gasteiger partial charge in [0.15, 0.2) is 0 Å². The first-order valence-corrected chi connectivity index (χ1v) is 16.0. The summed E-state index contributed by atoms with van der Waals surface area (Å²) in [5, 5.41) is 2.86. The lowest BCUT2D eigenvalue weighted by Gasteiger charge is -2.44. The van der Waals surface area contributed by atoms with Crippen LogP contribution in [0.15, 0.2) is 109 Å². The SMILES string of the molecule is C[C@@H]1CN(C(=O)c2cc(-c3ccc(Cl)cc3)nc3ccccc23)[C@H](C)CN1C(=O)c1cc(-c2ccc(Cl)cc2)nc2ccccc12. The molecule has 7 rings (SSSR count). The van der Waals surface area contributed by atoms with Crippen molar-refractivity contribution in [3.63, 3.8) is 0 Å². The van der Waals surface area contributed by atoms with Crippen molar-refractivity contribution in [2.24, 2.45) is 0 Å². The molecule has 2 amide bonds. The van der Waals surface area contributed by atoms with E-state index in [0.717, 1.165) is 32.9 Å². The molecule has 0 saturated carbocycles. The molecule has 0 N–H and O–H groups in total. The molecule has 6 nitrogen and oxygen atoms in total. The zero-order chi connectivity index (χ0) is 31.9. The van der Waals surface area contributed by atoms with Crippen molar-refractivity contribution in [2.45, 2.75) is 25.9 Å². The van der Waals surface area contributed by atoms with Gasteiger partial charge in [0.05, 0.1) is 33.5 Å². The van der Waals surface area contributed by atoms with Gasteiger partial charge in [0, 0.05) is 57.1 Å². The number of hydrogen-bond acceptors (Lipinski definition) is 4. The molecule has 0 unspecified atom stereocenters. The van der Waals surface area contributed by atoms with Crippen LogP contribution in [0, 0.1) is 0 Å². The van der Waals surface area contributed by atoms with E-state index in [-0.39, 0.29) is 23.9 Å². The van der Waals surface area contributed by atoms with Crippen molar-refractivity contribution in [1.82, 2.24) is 19.8 Å². The van der Waals surface area contributed by atoms with E-state index in [9.17, 15) is 9.59 Å². The third kappa shape index (κ3) is 5.59. The van der Waals surface area contributed by atoms with Gasteiger partial charge in [-0.2, -0.15) is 0 Å². The lowest BCUT2D eigenvalue weighted by Crippen LogP contribution is -2.59. The molecule has 4 aromatic carbocycles. The van der Waals surface area contributed by atoms with E-state index >= 15 is 0 Å². The molecular formula is C38H30Cl2N4O2. The molecule has 0 spiro atoms. The number of halogens is 2. The third-order valence-electron chi connectivity index (χ3n) is 8.68. The molecule has 1 fully saturated rings. The van der Waals surface area contributed by atoms with Crippen molar-refractivity contribution in [2.75, 3.05) is 13.1 Å². The summed E-state index contributed by atoms with van der Waals surface area (Å²) in [7, 11) is 0. The number of aromatic nitrogens is 2. The Hall–Kier alpha value is -4.78. The summed E-state index contributed by atoms with van der Waals surface area (Å²) in [6, 6.07) is 33.6. The van der Waals surface area contributed by atoms with Gasteiger partial charge in [-0.05, 0) is 62.4 Å². The average Bonchev–Trinajstić information content (AvgIpc) is 3.08. The van der Waals surface area contributed by atoms with Crippen LogP contribution in [-0.2, 0) is 0 Å². The Labute approximate surface area is 277 Å². The first-order valence-electron chi connectivity index (χ1n) is 15.2. The first-order chi connectivity index (χ1) is 22.3. The second kappa shape index (κ2) is 12.2. The Morgan fingerprint density at radius 1 is 0.587 bits per heavy atom. The fourth-order valence-electron chi connectivity index (χ4n) is 6.24. The lowest BCUT2D eigenvalue weighted by atomic mass is 9.99. The molecule has 0 aliphatic carbocycles. The first kappa shape index (κ1) is 29.9. The molecule has 2 aromatic heterocycles. The lowest BCUT2D eigenvalue weighted by molar-refractivity contribution is 0.0272. The van der Waals surface area contributed by atoms with Crippen LogP contribution < -0.4 is 0 Å². The van der Waals surface area contributed by atoms with Crippen LogP contribution in [0.25, 0.3) is 44.3 Å². The highest BCUT2D eigenvalue weighted by Crippen LogP contribution is 2.31. The number of para-hydroxylation sites is 2. The Morgan fingerprint density at radius 3 is 1.35 bits per heavy atom. The number of benzene rings is 4. The normalized spacial score (nSPS) is 16.6. The highest BCUT2D eigenvalue weighted by atomic mass is 35.5. The fraction of sp³-hybridized carbons (Fsp3) is 0.158. The quantitative estimate of drug-likeness (QED) is 0.192. The molecule has 1 aliphatic rings. The van der Waals surface area contributed by atoms with Crippen LogP contribution in [0.5, 0.6) is 0 Å². The Balaban J connectivity index is 1.20. The van der Waals surface area contributed by atoms with Crippen LogP contribution in [0.1, 0.15) is 34.6 Å². The number of carbonyl (C=O) groups excluding carboxylic acids is 2. The largest absolute Gasteiger partial charge is 0.332 e. The number of pyridine rings is 2. The molecule has 8 heteroatoms. The van der Waals surface area contributed by atoms with E-state index in [4.69, 9.17) is 33.2 Å². The number of piperazine rings is 1. The van der Waals surface area contributed by atoms with Gasteiger partial charge in [-0.25, -0.2) is 9.97 Å². The van der Waals surface area contributed by atoms with Gasteiger partial charge in [-0.15, -0.1) is 0 Å². The minimum atomic E-state index is -0.220. The van der Waals surface area contributed by atoms with Gasteiger partial charge in [0.1, 0.15) is 0 Å². The van der Waals surface area contributed by atoms with Gasteiger partial charge in [0.2, 0.25) is 0 Å². The standard InChI is InChI=1S/C38H30Cl2N4O2/c1-23-21-44(38(46)32-20-36(26-13-17-28(40)18-14-26)42-34-10-6-4-8-30(32)34)24(2)22-43(23)37(45)31-19-35(25-11-15-27(39)16-12-25)41-33-9-5-3-7-29(31)33/h3-20,23-24H,21-22H2,1-2H3/t23-,24-/m1/s1. The topological polar surface area (TPSA) is 66.4 Å². The molecule has 0 radical (unpaired) electrons. The van der Waals surface area contributed by atoms with E-state index in [2.05, 4.69) is 0 Å². The van der Waals surface area contributed by atoms with Crippen LogP contribution in [0.2, 0.25) is 10.0 Å². The molecule has 46 heavy (non-hydrogen) atoms. The molecule has 0 bridgehead atoms.